The third-order valence-electron chi connectivity index (χ3n) is 4.37. The van der Waals surface area contributed by atoms with Crippen molar-refractivity contribution >= 4 is 11.6 Å². The number of rotatable bonds is 6. The first-order valence-corrected chi connectivity index (χ1v) is 8.55. The molecule has 0 bridgehead atoms. The maximum absolute atomic E-state index is 12.3. The summed E-state index contributed by atoms with van der Waals surface area (Å²) in [4.78, 5) is 19.1. The molecule has 5 nitrogen and oxygen atoms in total. The van der Waals surface area contributed by atoms with Crippen molar-refractivity contribution in [3.05, 3.63) is 48.2 Å². The third kappa shape index (κ3) is 4.11. The van der Waals surface area contributed by atoms with E-state index in [1.54, 1.807) is 12.3 Å². The van der Waals surface area contributed by atoms with Gasteiger partial charge in [-0.25, -0.2) is 0 Å². The normalized spacial score (nSPS) is 14.7. The first-order valence-electron chi connectivity index (χ1n) is 8.55. The Hall–Kier alpha value is -2.40. The molecule has 2 aromatic rings. The first-order chi connectivity index (χ1) is 11.7. The molecular formula is C19H24N4O. The molecule has 1 fully saturated rings. The van der Waals surface area contributed by atoms with Gasteiger partial charge in [-0.1, -0.05) is 12.1 Å². The number of likely N-dealkylation sites (tertiary alicyclic amines) is 1. The molecule has 3 rings (SSSR count). The fraction of sp³-hybridized carbons (Fsp3) is 0.368. The molecule has 0 unspecified atom stereocenters. The Morgan fingerprint density at radius 3 is 2.83 bits per heavy atom. The lowest BCUT2D eigenvalue weighted by Crippen LogP contribution is -2.28. The van der Waals surface area contributed by atoms with Gasteiger partial charge in [0.2, 0.25) is 0 Å². The molecule has 1 aliphatic heterocycles. The summed E-state index contributed by atoms with van der Waals surface area (Å²) in [5.74, 6) is -0.0484. The van der Waals surface area contributed by atoms with Crippen molar-refractivity contribution in [1.82, 2.24) is 15.2 Å². The average Bonchev–Trinajstić information content (AvgIpc) is 3.12. The predicted molar refractivity (Wildman–Crippen MR) is 96.7 cm³/mol. The highest BCUT2D eigenvalue weighted by molar-refractivity contribution is 5.95. The molecule has 1 aromatic carbocycles. The predicted octanol–water partition coefficient (Wildman–Crippen LogP) is 2.55. The van der Waals surface area contributed by atoms with Gasteiger partial charge in [-0.15, -0.1) is 0 Å². The smallest absolute Gasteiger partial charge is 0.251 e. The molecule has 1 amide bonds. The van der Waals surface area contributed by atoms with Crippen LogP contribution in [0.5, 0.6) is 0 Å². The van der Waals surface area contributed by atoms with E-state index in [0.717, 1.165) is 18.5 Å². The lowest BCUT2D eigenvalue weighted by molar-refractivity contribution is 0.0952. The molecule has 1 saturated heterocycles. The van der Waals surface area contributed by atoms with Crippen LogP contribution < -0.4 is 11.1 Å². The molecule has 0 spiro atoms. The topological polar surface area (TPSA) is 71.2 Å². The van der Waals surface area contributed by atoms with Crippen molar-refractivity contribution in [2.45, 2.75) is 19.3 Å². The minimum Gasteiger partial charge on any atom is -0.397 e. The summed E-state index contributed by atoms with van der Waals surface area (Å²) in [6, 6.07) is 11.1. The zero-order valence-corrected chi connectivity index (χ0v) is 13.9. The summed E-state index contributed by atoms with van der Waals surface area (Å²) in [5, 5.41) is 3.00. The van der Waals surface area contributed by atoms with E-state index in [-0.39, 0.29) is 5.91 Å². The van der Waals surface area contributed by atoms with Crippen LogP contribution in [0.1, 0.15) is 29.6 Å². The van der Waals surface area contributed by atoms with Gasteiger partial charge in [0.25, 0.3) is 5.91 Å². The van der Waals surface area contributed by atoms with Crippen LogP contribution in [0.25, 0.3) is 11.3 Å². The van der Waals surface area contributed by atoms with Crippen molar-refractivity contribution in [3.63, 3.8) is 0 Å². The molecule has 126 valence electrons. The van der Waals surface area contributed by atoms with Gasteiger partial charge >= 0.3 is 0 Å². The minimum absolute atomic E-state index is 0.0484. The summed E-state index contributed by atoms with van der Waals surface area (Å²) < 4.78 is 0. The van der Waals surface area contributed by atoms with Crippen LogP contribution in [0.2, 0.25) is 0 Å². The van der Waals surface area contributed by atoms with Crippen LogP contribution in [0, 0.1) is 0 Å². The highest BCUT2D eigenvalue weighted by Crippen LogP contribution is 2.23. The zero-order chi connectivity index (χ0) is 16.8. The molecule has 0 saturated carbocycles. The number of carbonyl (C=O) groups excluding carboxylic acids is 1. The van der Waals surface area contributed by atoms with Gasteiger partial charge in [-0.2, -0.15) is 0 Å². The Morgan fingerprint density at radius 2 is 2.04 bits per heavy atom. The van der Waals surface area contributed by atoms with E-state index >= 15 is 0 Å². The number of pyridine rings is 1. The van der Waals surface area contributed by atoms with E-state index in [9.17, 15) is 4.79 Å². The van der Waals surface area contributed by atoms with Crippen LogP contribution >= 0.6 is 0 Å². The summed E-state index contributed by atoms with van der Waals surface area (Å²) in [6.07, 6.45) is 5.29. The number of anilines is 1. The second kappa shape index (κ2) is 7.93. The van der Waals surface area contributed by atoms with E-state index in [1.165, 1.54) is 25.9 Å². The van der Waals surface area contributed by atoms with E-state index in [4.69, 9.17) is 5.73 Å². The Kier molecular flexibility index (Phi) is 5.43. The molecule has 0 aliphatic carbocycles. The number of carbonyl (C=O) groups is 1. The van der Waals surface area contributed by atoms with Crippen molar-refractivity contribution < 1.29 is 4.79 Å². The molecule has 24 heavy (non-hydrogen) atoms. The molecule has 1 aliphatic rings. The molecule has 5 heteroatoms. The monoisotopic (exact) mass is 324 g/mol. The Bertz CT molecular complexity index is 695. The Labute approximate surface area is 142 Å². The average molecular weight is 324 g/mol. The molecule has 2 heterocycles. The van der Waals surface area contributed by atoms with Gasteiger partial charge < -0.3 is 16.0 Å². The van der Waals surface area contributed by atoms with Gasteiger partial charge in [0, 0.05) is 23.9 Å². The van der Waals surface area contributed by atoms with E-state index in [1.807, 2.05) is 30.3 Å². The summed E-state index contributed by atoms with van der Waals surface area (Å²) in [5.41, 5.74) is 8.79. The third-order valence-corrected chi connectivity index (χ3v) is 4.37. The van der Waals surface area contributed by atoms with Crippen molar-refractivity contribution in [2.75, 3.05) is 31.9 Å². The second-order valence-corrected chi connectivity index (χ2v) is 6.18. The van der Waals surface area contributed by atoms with Crippen LogP contribution in [0.3, 0.4) is 0 Å². The van der Waals surface area contributed by atoms with E-state index in [2.05, 4.69) is 15.2 Å². The summed E-state index contributed by atoms with van der Waals surface area (Å²) >= 11 is 0. The first kappa shape index (κ1) is 16.5. The van der Waals surface area contributed by atoms with Gasteiger partial charge in [-0.05, 0) is 63.2 Å². The summed E-state index contributed by atoms with van der Waals surface area (Å²) in [6.45, 7) is 4.15. The van der Waals surface area contributed by atoms with Crippen molar-refractivity contribution in [3.8, 4) is 11.3 Å². The molecular weight excluding hydrogens is 300 g/mol. The number of benzene rings is 1. The van der Waals surface area contributed by atoms with E-state index in [0.29, 0.717) is 23.5 Å². The van der Waals surface area contributed by atoms with Gasteiger partial charge in [0.05, 0.1) is 11.4 Å². The quantitative estimate of drug-likeness (QED) is 0.801. The largest absolute Gasteiger partial charge is 0.397 e. The second-order valence-electron chi connectivity index (χ2n) is 6.18. The molecule has 0 atom stereocenters. The summed E-state index contributed by atoms with van der Waals surface area (Å²) in [7, 11) is 0. The number of nitrogens with one attached hydrogen (secondary N) is 1. The number of amides is 1. The standard InChI is InChI=1S/C19H24N4O/c20-17-8-4-9-21-18(17)15-6-3-7-16(14-15)19(24)22-10-5-13-23-11-1-2-12-23/h3-4,6-9,14H,1-2,5,10-13,20H2,(H,22,24). The van der Waals surface area contributed by atoms with Crippen LogP contribution in [0.15, 0.2) is 42.6 Å². The van der Waals surface area contributed by atoms with Crippen LogP contribution in [-0.4, -0.2) is 42.0 Å². The van der Waals surface area contributed by atoms with Crippen LogP contribution in [-0.2, 0) is 0 Å². The van der Waals surface area contributed by atoms with Gasteiger partial charge in [0.15, 0.2) is 0 Å². The van der Waals surface area contributed by atoms with Gasteiger partial charge in [0.1, 0.15) is 0 Å². The number of nitrogens with two attached hydrogens (primary N) is 1. The lowest BCUT2D eigenvalue weighted by Gasteiger charge is -2.14. The highest BCUT2D eigenvalue weighted by Gasteiger charge is 2.12. The maximum Gasteiger partial charge on any atom is 0.251 e. The number of nitrogens with zero attached hydrogens (tertiary/aromatic N) is 2. The zero-order valence-electron chi connectivity index (χ0n) is 13.9. The van der Waals surface area contributed by atoms with E-state index < -0.39 is 0 Å². The minimum atomic E-state index is -0.0484. The number of hydrogen-bond acceptors (Lipinski definition) is 4. The van der Waals surface area contributed by atoms with Crippen molar-refractivity contribution in [1.29, 1.82) is 0 Å². The molecule has 3 N–H and O–H groups in total. The number of hydrogen-bond donors (Lipinski definition) is 2. The Morgan fingerprint density at radius 1 is 1.21 bits per heavy atom. The SMILES string of the molecule is Nc1cccnc1-c1cccc(C(=O)NCCCN2CCCC2)c1. The van der Waals surface area contributed by atoms with Crippen molar-refractivity contribution in [2.24, 2.45) is 0 Å². The lowest BCUT2D eigenvalue weighted by atomic mass is 10.1. The highest BCUT2D eigenvalue weighted by atomic mass is 16.1. The van der Waals surface area contributed by atoms with Crippen LogP contribution in [0.4, 0.5) is 5.69 Å². The fourth-order valence-corrected chi connectivity index (χ4v) is 3.08. The fourth-order valence-electron chi connectivity index (χ4n) is 3.08. The Balaban J connectivity index is 1.57. The van der Waals surface area contributed by atoms with Gasteiger partial charge in [-0.3, -0.25) is 9.78 Å². The maximum atomic E-state index is 12.3. The number of aromatic nitrogens is 1. The number of nitrogen functional groups attached to an aromatic ring is 1. The molecule has 0 radical (unpaired) electrons. The molecule has 1 aromatic heterocycles.